The number of carbonyl (C=O) groups excluding carboxylic acids is 1. The topological polar surface area (TPSA) is 69.0 Å². The number of carbonyl (C=O) groups is 1. The van der Waals surface area contributed by atoms with E-state index >= 15 is 0 Å². The van der Waals surface area contributed by atoms with Crippen molar-refractivity contribution in [3.8, 4) is 5.75 Å². The van der Waals surface area contributed by atoms with E-state index < -0.39 is 0 Å². The van der Waals surface area contributed by atoms with Crippen LogP contribution in [0.2, 0.25) is 0 Å². The molecule has 0 aliphatic rings. The third kappa shape index (κ3) is 5.58. The Balaban J connectivity index is 1.64. The molecule has 0 aliphatic carbocycles. The summed E-state index contributed by atoms with van der Waals surface area (Å²) >= 11 is 0. The first-order chi connectivity index (χ1) is 16.0. The van der Waals surface area contributed by atoms with Crippen LogP contribution in [0, 0.1) is 5.92 Å². The number of rotatable bonds is 9. The second-order valence-electron chi connectivity index (χ2n) is 8.67. The maximum atomic E-state index is 13.1. The van der Waals surface area contributed by atoms with Crippen LogP contribution in [-0.2, 0) is 24.2 Å². The normalized spacial score (nSPS) is 12.1. The lowest BCUT2D eigenvalue weighted by Crippen LogP contribution is -2.31. The summed E-state index contributed by atoms with van der Waals surface area (Å²) in [6.45, 7) is 5.09. The highest BCUT2D eigenvalue weighted by atomic mass is 16.5. The molecular formula is C27H30N4O2. The molecule has 0 aliphatic heterocycles. The van der Waals surface area contributed by atoms with E-state index in [0.29, 0.717) is 12.3 Å². The number of aromatic nitrogens is 3. The molecule has 33 heavy (non-hydrogen) atoms. The minimum atomic E-state index is -0.265. The predicted octanol–water partition coefficient (Wildman–Crippen LogP) is 4.74. The molecule has 1 amide bonds. The molecule has 170 valence electrons. The molecule has 0 spiro atoms. The zero-order valence-corrected chi connectivity index (χ0v) is 19.4. The van der Waals surface area contributed by atoms with Gasteiger partial charge < -0.3 is 10.1 Å². The van der Waals surface area contributed by atoms with E-state index in [1.54, 1.807) is 13.3 Å². The standard InChI is InChI=1S/C27H30N4O2/c1-19(2)18-31-27-23(10-7-15-28-27)26(30-31)24(16-20-8-5-4-6-9-20)29-25(32)17-21-11-13-22(33-3)14-12-21/h4-15,19,24H,16-18H2,1-3H3,(H,29,32). The molecule has 4 rings (SSSR count). The van der Waals surface area contributed by atoms with Crippen molar-refractivity contribution in [1.29, 1.82) is 0 Å². The Labute approximate surface area is 194 Å². The van der Waals surface area contributed by atoms with Gasteiger partial charge in [-0.1, -0.05) is 56.3 Å². The SMILES string of the molecule is COc1ccc(CC(=O)NC(Cc2ccccc2)c2nn(CC(C)C)c3ncccc23)cc1. The Kier molecular flexibility index (Phi) is 7.03. The van der Waals surface area contributed by atoms with Crippen LogP contribution in [0.3, 0.4) is 0 Å². The van der Waals surface area contributed by atoms with Gasteiger partial charge in [0.2, 0.25) is 5.91 Å². The summed E-state index contributed by atoms with van der Waals surface area (Å²) in [4.78, 5) is 17.7. The zero-order chi connectivity index (χ0) is 23.2. The molecule has 0 saturated heterocycles. The lowest BCUT2D eigenvalue weighted by Gasteiger charge is -2.18. The van der Waals surface area contributed by atoms with Crippen LogP contribution < -0.4 is 10.1 Å². The first kappa shape index (κ1) is 22.5. The van der Waals surface area contributed by atoms with Crippen molar-refractivity contribution < 1.29 is 9.53 Å². The molecule has 0 bridgehead atoms. The van der Waals surface area contributed by atoms with Gasteiger partial charge in [-0.25, -0.2) is 9.67 Å². The Morgan fingerprint density at radius 1 is 1.00 bits per heavy atom. The monoisotopic (exact) mass is 442 g/mol. The highest BCUT2D eigenvalue weighted by Gasteiger charge is 2.23. The first-order valence-corrected chi connectivity index (χ1v) is 11.3. The summed E-state index contributed by atoms with van der Waals surface area (Å²) in [5.74, 6) is 1.16. The molecule has 2 heterocycles. The molecule has 4 aromatic rings. The summed E-state index contributed by atoms with van der Waals surface area (Å²) in [7, 11) is 1.63. The smallest absolute Gasteiger partial charge is 0.224 e. The molecule has 1 N–H and O–H groups in total. The van der Waals surface area contributed by atoms with Crippen LogP contribution in [0.15, 0.2) is 72.9 Å². The van der Waals surface area contributed by atoms with Gasteiger partial charge >= 0.3 is 0 Å². The van der Waals surface area contributed by atoms with Crippen molar-refractivity contribution in [2.45, 2.75) is 39.3 Å². The van der Waals surface area contributed by atoms with Crippen molar-refractivity contribution in [2.24, 2.45) is 5.92 Å². The van der Waals surface area contributed by atoms with Gasteiger partial charge in [-0.2, -0.15) is 5.10 Å². The highest BCUT2D eigenvalue weighted by Crippen LogP contribution is 2.26. The molecule has 6 nitrogen and oxygen atoms in total. The van der Waals surface area contributed by atoms with Crippen LogP contribution in [-0.4, -0.2) is 27.8 Å². The molecule has 0 fully saturated rings. The molecule has 6 heteroatoms. The molecule has 1 unspecified atom stereocenters. The number of fused-ring (bicyclic) bond motifs is 1. The van der Waals surface area contributed by atoms with Gasteiger partial charge in [0.15, 0.2) is 5.65 Å². The van der Waals surface area contributed by atoms with Crippen molar-refractivity contribution in [2.75, 3.05) is 7.11 Å². The van der Waals surface area contributed by atoms with E-state index in [0.717, 1.165) is 40.1 Å². The van der Waals surface area contributed by atoms with E-state index in [1.807, 2.05) is 59.3 Å². The van der Waals surface area contributed by atoms with Crippen molar-refractivity contribution >= 4 is 16.9 Å². The van der Waals surface area contributed by atoms with Crippen LogP contribution in [0.1, 0.15) is 36.7 Å². The summed E-state index contributed by atoms with van der Waals surface area (Å²) in [5.41, 5.74) is 3.78. The van der Waals surface area contributed by atoms with E-state index in [-0.39, 0.29) is 18.4 Å². The number of pyridine rings is 1. The largest absolute Gasteiger partial charge is 0.497 e. The fourth-order valence-electron chi connectivity index (χ4n) is 4.00. The van der Waals surface area contributed by atoms with Gasteiger partial charge in [0.25, 0.3) is 0 Å². The van der Waals surface area contributed by atoms with E-state index in [4.69, 9.17) is 9.84 Å². The minimum Gasteiger partial charge on any atom is -0.497 e. The van der Waals surface area contributed by atoms with E-state index in [2.05, 4.69) is 36.3 Å². The molecular weight excluding hydrogens is 412 g/mol. The molecule has 2 aromatic carbocycles. The van der Waals surface area contributed by atoms with E-state index in [1.165, 1.54) is 0 Å². The number of nitrogens with one attached hydrogen (secondary N) is 1. The lowest BCUT2D eigenvalue weighted by molar-refractivity contribution is -0.121. The van der Waals surface area contributed by atoms with Gasteiger partial charge in [0, 0.05) is 18.1 Å². The number of hydrogen-bond acceptors (Lipinski definition) is 4. The number of methoxy groups -OCH3 is 1. The Morgan fingerprint density at radius 2 is 1.76 bits per heavy atom. The Hall–Kier alpha value is -3.67. The van der Waals surface area contributed by atoms with Gasteiger partial charge in [-0.3, -0.25) is 4.79 Å². The van der Waals surface area contributed by atoms with Gasteiger partial charge in [-0.05, 0) is 47.7 Å². The second-order valence-corrected chi connectivity index (χ2v) is 8.67. The fraction of sp³-hybridized carbons (Fsp3) is 0.296. The highest BCUT2D eigenvalue weighted by molar-refractivity contribution is 5.82. The maximum Gasteiger partial charge on any atom is 0.224 e. The third-order valence-electron chi connectivity index (χ3n) is 5.55. The molecule has 2 aromatic heterocycles. The molecule has 0 saturated carbocycles. The van der Waals surface area contributed by atoms with Crippen molar-refractivity contribution in [3.63, 3.8) is 0 Å². The van der Waals surface area contributed by atoms with Gasteiger partial charge in [0.05, 0.1) is 25.3 Å². The number of ether oxygens (including phenoxy) is 1. The maximum absolute atomic E-state index is 13.1. The number of nitrogens with zero attached hydrogens (tertiary/aromatic N) is 3. The van der Waals surface area contributed by atoms with Crippen LogP contribution >= 0.6 is 0 Å². The van der Waals surface area contributed by atoms with Crippen LogP contribution in [0.5, 0.6) is 5.75 Å². The van der Waals surface area contributed by atoms with Crippen LogP contribution in [0.25, 0.3) is 11.0 Å². The minimum absolute atomic E-state index is 0.0449. The fourth-order valence-corrected chi connectivity index (χ4v) is 4.00. The summed E-state index contributed by atoms with van der Waals surface area (Å²) < 4.78 is 7.18. The molecule has 0 radical (unpaired) electrons. The zero-order valence-electron chi connectivity index (χ0n) is 19.4. The van der Waals surface area contributed by atoms with Gasteiger partial charge in [-0.15, -0.1) is 0 Å². The predicted molar refractivity (Wildman–Crippen MR) is 130 cm³/mol. The second kappa shape index (κ2) is 10.3. The van der Waals surface area contributed by atoms with Gasteiger partial charge in [0.1, 0.15) is 5.75 Å². The quantitative estimate of drug-likeness (QED) is 0.407. The first-order valence-electron chi connectivity index (χ1n) is 11.3. The lowest BCUT2D eigenvalue weighted by atomic mass is 10.0. The number of benzene rings is 2. The molecule has 1 atom stereocenters. The van der Waals surface area contributed by atoms with Crippen LogP contribution in [0.4, 0.5) is 0 Å². The number of hydrogen-bond donors (Lipinski definition) is 1. The van der Waals surface area contributed by atoms with Crippen molar-refractivity contribution in [1.82, 2.24) is 20.1 Å². The Bertz CT molecular complexity index is 1200. The average molecular weight is 443 g/mol. The number of amides is 1. The summed E-state index contributed by atoms with van der Waals surface area (Å²) in [6, 6.07) is 21.5. The third-order valence-corrected chi connectivity index (χ3v) is 5.55. The van der Waals surface area contributed by atoms with Crippen molar-refractivity contribution in [3.05, 3.63) is 89.7 Å². The summed E-state index contributed by atoms with van der Waals surface area (Å²) in [5, 5.41) is 9.15. The summed E-state index contributed by atoms with van der Waals surface area (Å²) in [6.07, 6.45) is 2.73. The van der Waals surface area contributed by atoms with E-state index in [9.17, 15) is 4.79 Å². The Morgan fingerprint density at radius 3 is 2.45 bits per heavy atom. The average Bonchev–Trinajstić information content (AvgIpc) is 3.18.